The minimum Gasteiger partial charge on any atom is -0.494 e. The van der Waals surface area contributed by atoms with Gasteiger partial charge in [0.05, 0.1) is 45.5 Å². The van der Waals surface area contributed by atoms with Gasteiger partial charge in [0, 0.05) is 105 Å². The maximum Gasteiger partial charge on any atom is 0.249 e. The van der Waals surface area contributed by atoms with Crippen LogP contribution in [-0.2, 0) is 35.6 Å². The number of ether oxygens (including phenoxy) is 1. The van der Waals surface area contributed by atoms with Crippen LogP contribution in [0, 0.1) is 12.8 Å². The van der Waals surface area contributed by atoms with Crippen LogP contribution in [0.5, 0.6) is 5.75 Å². The number of piperazine rings is 1. The summed E-state index contributed by atoms with van der Waals surface area (Å²) in [5.74, 6) is 0.772. The van der Waals surface area contributed by atoms with Crippen molar-refractivity contribution in [2.24, 2.45) is 5.92 Å². The normalized spacial score (nSPS) is 19.9. The number of benzene rings is 3. The second kappa shape index (κ2) is 19.4. The lowest BCUT2D eigenvalue weighted by atomic mass is 9.86. The number of halogens is 1. The summed E-state index contributed by atoms with van der Waals surface area (Å²) in [6, 6.07) is 17.7. The number of pyridine rings is 1. The number of aryl methyl sites for hydroxylation is 2. The Morgan fingerprint density at radius 2 is 1.64 bits per heavy atom. The van der Waals surface area contributed by atoms with E-state index in [4.69, 9.17) is 9.72 Å². The molecule has 17 nitrogen and oxygen atoms in total. The average molecular weight is 1060 g/mol. The number of anilines is 7. The van der Waals surface area contributed by atoms with Gasteiger partial charge in [-0.05, 0) is 123 Å². The Bertz CT molecular complexity index is 3050. The summed E-state index contributed by atoms with van der Waals surface area (Å²) in [5, 5.41) is 10.8. The molecule has 19 heteroatoms. The summed E-state index contributed by atoms with van der Waals surface area (Å²) >= 11 is 3.62. The van der Waals surface area contributed by atoms with Crippen molar-refractivity contribution >= 4 is 103 Å². The van der Waals surface area contributed by atoms with Gasteiger partial charge >= 0.3 is 0 Å². The van der Waals surface area contributed by atoms with Crippen LogP contribution >= 0.6 is 23.1 Å². The minimum absolute atomic E-state index is 0.100. The first kappa shape index (κ1) is 49.5. The molecule has 7 heterocycles. The number of fused-ring (bicyclic) bond motifs is 2. The van der Waals surface area contributed by atoms with E-state index in [0.717, 1.165) is 90.0 Å². The summed E-state index contributed by atoms with van der Waals surface area (Å²) in [6.07, 6.45) is 5.03. The third-order valence-electron chi connectivity index (χ3n) is 15.3. The van der Waals surface area contributed by atoms with Gasteiger partial charge in [-0.25, -0.2) is 4.98 Å². The van der Waals surface area contributed by atoms with Crippen LogP contribution in [0.4, 0.5) is 40.2 Å². The van der Waals surface area contributed by atoms with Gasteiger partial charge in [-0.2, -0.15) is 4.98 Å². The van der Waals surface area contributed by atoms with Gasteiger partial charge in [-0.1, -0.05) is 19.1 Å². The summed E-state index contributed by atoms with van der Waals surface area (Å²) < 4.78 is 20.3. The Hall–Kier alpha value is -6.10. The minimum atomic E-state index is -2.74. The van der Waals surface area contributed by atoms with Gasteiger partial charge in [-0.15, -0.1) is 0 Å². The second-order valence-corrected chi connectivity index (χ2v) is 24.7. The smallest absolute Gasteiger partial charge is 0.249 e. The lowest BCUT2D eigenvalue weighted by molar-refractivity contribution is -0.138. The summed E-state index contributed by atoms with van der Waals surface area (Å²) in [5.41, 5.74) is 7.16. The zero-order valence-corrected chi connectivity index (χ0v) is 44.5. The van der Waals surface area contributed by atoms with Crippen molar-refractivity contribution in [1.29, 1.82) is 0 Å². The Labute approximate surface area is 428 Å². The molecule has 0 radical (unpaired) electrons. The number of carbonyl (C=O) groups is 4. The molecule has 0 bridgehead atoms. The van der Waals surface area contributed by atoms with Gasteiger partial charge in [0.1, 0.15) is 24.8 Å². The summed E-state index contributed by atoms with van der Waals surface area (Å²) in [4.78, 5) is 77.2. The van der Waals surface area contributed by atoms with E-state index in [-0.39, 0.29) is 30.1 Å². The molecular weight excluding hydrogens is 998 g/mol. The lowest BCUT2D eigenvalue weighted by Crippen LogP contribution is -2.59. The van der Waals surface area contributed by atoms with Crippen LogP contribution in [0.1, 0.15) is 63.3 Å². The van der Waals surface area contributed by atoms with Crippen LogP contribution in [0.15, 0.2) is 65.3 Å². The quantitative estimate of drug-likeness (QED) is 0.0851. The number of imide groups is 1. The molecule has 72 heavy (non-hydrogen) atoms. The molecule has 2 aromatic heterocycles. The van der Waals surface area contributed by atoms with Crippen molar-refractivity contribution in [2.45, 2.75) is 77.3 Å². The van der Waals surface area contributed by atoms with Gasteiger partial charge < -0.3 is 34.6 Å². The fourth-order valence-corrected chi connectivity index (χ4v) is 13.1. The first-order valence-corrected chi connectivity index (χ1v) is 28.4. The molecule has 3 N–H and O–H groups in total. The molecule has 4 amide bonds. The molecule has 5 aromatic rings. The van der Waals surface area contributed by atoms with Gasteiger partial charge in [-0.3, -0.25) is 39.3 Å². The molecule has 5 aliphatic heterocycles. The highest BCUT2D eigenvalue weighted by Gasteiger charge is 2.49. The van der Waals surface area contributed by atoms with Crippen molar-refractivity contribution in [3.05, 3.63) is 82.1 Å². The number of methoxy groups -OCH3 is 1. The van der Waals surface area contributed by atoms with Gasteiger partial charge in [0.2, 0.25) is 29.6 Å². The van der Waals surface area contributed by atoms with E-state index in [2.05, 4.69) is 75.6 Å². The van der Waals surface area contributed by atoms with E-state index >= 15 is 0 Å². The van der Waals surface area contributed by atoms with E-state index < -0.39 is 24.5 Å². The molecule has 0 aliphatic carbocycles. The Kier molecular flexibility index (Phi) is 13.3. The third kappa shape index (κ3) is 9.30. The van der Waals surface area contributed by atoms with Crippen molar-refractivity contribution in [2.75, 3.05) is 98.1 Å². The Morgan fingerprint density at radius 1 is 0.889 bits per heavy atom. The Morgan fingerprint density at radius 3 is 2.33 bits per heavy atom. The van der Waals surface area contributed by atoms with E-state index in [1.165, 1.54) is 5.56 Å². The molecule has 5 aliphatic rings. The maximum absolute atomic E-state index is 13.8. The van der Waals surface area contributed by atoms with Crippen molar-refractivity contribution in [1.82, 2.24) is 30.1 Å². The first-order valence-electron chi connectivity index (χ1n) is 25.0. The first-order chi connectivity index (χ1) is 34.4. The maximum atomic E-state index is 13.8. The number of nitrogens with zero attached hydrogens (tertiary/aromatic N) is 8. The van der Waals surface area contributed by atoms with Crippen LogP contribution in [0.2, 0.25) is 0 Å². The van der Waals surface area contributed by atoms with Crippen LogP contribution in [0.25, 0.3) is 10.9 Å². The van der Waals surface area contributed by atoms with Crippen LogP contribution in [-0.4, -0.2) is 133 Å². The number of carbonyl (C=O) groups excluding carboxylic acids is 4. The predicted molar refractivity (Wildman–Crippen MR) is 286 cm³/mol. The molecule has 10 rings (SSSR count). The Balaban J connectivity index is 0.737. The average Bonchev–Trinajstić information content (AvgIpc) is 3.54. The molecule has 378 valence electrons. The molecule has 4 fully saturated rings. The van der Waals surface area contributed by atoms with E-state index in [0.29, 0.717) is 72.0 Å². The van der Waals surface area contributed by atoms with Crippen molar-refractivity contribution in [3.63, 3.8) is 0 Å². The lowest BCUT2D eigenvalue weighted by Gasteiger charge is -2.46. The standard InChI is InChI=1S/C53H63BrN11O6P/c1-8-32-25-41(58-52-55-28-38(54)48(60-52)57-40-14-13-39-36(11-9-31(2)56-39)47(40)72(6,7)70)45(71-5)27-43(32)62-19-17-34(18-20-62)61-21-23-63(24-22-61)50(68)33-29-64(30-33)35-10-12-37-44(26-35)65(51(69)53(37,3)4)42-15-16-46(66)59-49(42)67/h9-14,25-28,33-34,42H,8,15-24,29-30H2,1-7H3,(H,59,66,67)(H2,55,57,58,60). The van der Waals surface area contributed by atoms with Crippen LogP contribution < -0.4 is 40.7 Å². The monoisotopic (exact) mass is 1060 g/mol. The topological polar surface area (TPSA) is 186 Å². The highest BCUT2D eigenvalue weighted by molar-refractivity contribution is 9.10. The molecule has 0 saturated carbocycles. The zero-order valence-electron chi connectivity index (χ0n) is 42.1. The predicted octanol–water partition coefficient (Wildman–Crippen LogP) is 7.08. The number of hydrogen-bond donors (Lipinski definition) is 3. The highest BCUT2D eigenvalue weighted by atomic mass is 79.9. The van der Waals surface area contributed by atoms with E-state index in [9.17, 15) is 23.7 Å². The SMILES string of the molecule is CCc1cc(Nc2ncc(Br)c(Nc3ccc4nc(C)ccc4c3P(C)(C)=O)n2)c(OC)cc1N1CCC(N2CCN(C(=O)C3CN(c4ccc5c(c4)N(C4CCC(=O)NC4=O)C(=O)C5(C)C)C3)CC2)CC1. The molecule has 3 aromatic carbocycles. The molecule has 0 spiro atoms. The fourth-order valence-electron chi connectivity index (χ4n) is 11.3. The molecule has 1 unspecified atom stereocenters. The largest absolute Gasteiger partial charge is 0.494 e. The zero-order chi connectivity index (χ0) is 50.8. The fraction of sp³-hybridized carbons (Fsp3) is 0.453. The number of aromatic nitrogens is 3. The number of hydrogen-bond acceptors (Lipinski definition) is 14. The van der Waals surface area contributed by atoms with Gasteiger partial charge in [0.15, 0.2) is 0 Å². The summed E-state index contributed by atoms with van der Waals surface area (Å²) in [6.45, 7) is 17.5. The van der Waals surface area contributed by atoms with E-state index in [1.54, 1.807) is 31.5 Å². The van der Waals surface area contributed by atoms with Crippen molar-refractivity contribution < 1.29 is 28.5 Å². The number of amides is 4. The molecule has 1 atom stereocenters. The van der Waals surface area contributed by atoms with Crippen LogP contribution in [0.3, 0.4) is 0 Å². The van der Waals surface area contributed by atoms with E-state index in [1.807, 2.05) is 68.1 Å². The molecular formula is C53H63BrN11O6P. The third-order valence-corrected chi connectivity index (χ3v) is 17.4. The summed E-state index contributed by atoms with van der Waals surface area (Å²) in [7, 11) is -1.07. The van der Waals surface area contributed by atoms with Crippen molar-refractivity contribution in [3.8, 4) is 5.75 Å². The number of rotatable bonds is 12. The second-order valence-electron chi connectivity index (χ2n) is 20.7. The number of piperidine rings is 2. The molecule has 4 saturated heterocycles. The van der Waals surface area contributed by atoms with Gasteiger partial charge in [0.25, 0.3) is 0 Å². The highest BCUT2D eigenvalue weighted by Crippen LogP contribution is 2.47. The number of nitrogens with one attached hydrogen (secondary N) is 3.